The molecule has 1 aromatic carbocycles. The molecule has 2 atom stereocenters. The van der Waals surface area contributed by atoms with Gasteiger partial charge in [-0.05, 0) is 62.6 Å². The summed E-state index contributed by atoms with van der Waals surface area (Å²) < 4.78 is 27.8. The van der Waals surface area contributed by atoms with Crippen LogP contribution in [0.2, 0.25) is 0 Å². The number of rotatable bonds is 5. The molecule has 1 aromatic rings. The summed E-state index contributed by atoms with van der Waals surface area (Å²) in [6.07, 6.45) is 9.14. The number of benzene rings is 1. The van der Waals surface area contributed by atoms with Crippen LogP contribution in [0, 0.1) is 23.5 Å². The second-order valence-corrected chi connectivity index (χ2v) is 6.75. The van der Waals surface area contributed by atoms with E-state index < -0.39 is 0 Å². The first-order valence-electron chi connectivity index (χ1n) is 8.40. The molecular weight excluding hydrogens is 268 g/mol. The molecule has 0 heterocycles. The number of nitrogens with one attached hydrogen (secondary N) is 1. The van der Waals surface area contributed by atoms with E-state index in [4.69, 9.17) is 0 Å². The summed E-state index contributed by atoms with van der Waals surface area (Å²) in [5, 5.41) is 3.61. The largest absolute Gasteiger partial charge is 0.314 e. The Morgan fingerprint density at radius 2 is 1.57 bits per heavy atom. The zero-order chi connectivity index (χ0) is 14.7. The minimum atomic E-state index is -0.381. The molecule has 3 rings (SSSR count). The summed E-state index contributed by atoms with van der Waals surface area (Å²) in [7, 11) is 0. The predicted octanol–water partition coefficient (Wildman–Crippen LogP) is 4.46. The smallest absolute Gasteiger partial charge is 0.129 e. The monoisotopic (exact) mass is 293 g/mol. The second-order valence-electron chi connectivity index (χ2n) is 6.75. The van der Waals surface area contributed by atoms with Gasteiger partial charge in [0.25, 0.3) is 0 Å². The van der Waals surface area contributed by atoms with E-state index in [9.17, 15) is 8.78 Å². The van der Waals surface area contributed by atoms with E-state index in [1.807, 2.05) is 0 Å². The Morgan fingerprint density at radius 1 is 0.905 bits per heavy atom. The molecule has 116 valence electrons. The number of hydrogen-bond acceptors (Lipinski definition) is 1. The molecule has 1 nitrogen and oxygen atoms in total. The van der Waals surface area contributed by atoms with E-state index in [1.165, 1.54) is 56.7 Å². The summed E-state index contributed by atoms with van der Waals surface area (Å²) in [5.41, 5.74) is 0.292. The third-order valence-corrected chi connectivity index (χ3v) is 5.09. The predicted molar refractivity (Wildman–Crippen MR) is 81.2 cm³/mol. The summed E-state index contributed by atoms with van der Waals surface area (Å²) in [6, 6.07) is 4.92. The molecule has 2 saturated carbocycles. The highest BCUT2D eigenvalue weighted by Gasteiger charge is 2.28. The van der Waals surface area contributed by atoms with E-state index in [0.29, 0.717) is 29.9 Å². The van der Waals surface area contributed by atoms with Crippen LogP contribution >= 0.6 is 0 Å². The van der Waals surface area contributed by atoms with Gasteiger partial charge in [-0.2, -0.15) is 0 Å². The molecule has 0 bridgehead atoms. The van der Waals surface area contributed by atoms with Crippen molar-refractivity contribution in [1.29, 1.82) is 0 Å². The first kappa shape index (κ1) is 15.0. The Labute approximate surface area is 126 Å². The lowest BCUT2D eigenvalue weighted by Crippen LogP contribution is -2.30. The van der Waals surface area contributed by atoms with Gasteiger partial charge < -0.3 is 5.32 Å². The van der Waals surface area contributed by atoms with Gasteiger partial charge in [-0.3, -0.25) is 0 Å². The molecule has 0 amide bonds. The van der Waals surface area contributed by atoms with E-state index >= 15 is 0 Å². The van der Waals surface area contributed by atoms with Gasteiger partial charge in [0.15, 0.2) is 0 Å². The Hall–Kier alpha value is -0.960. The summed E-state index contributed by atoms with van der Waals surface area (Å²) in [4.78, 5) is 0. The third kappa shape index (κ3) is 4.03. The van der Waals surface area contributed by atoms with Crippen molar-refractivity contribution >= 4 is 0 Å². The Balaban J connectivity index is 1.69. The molecule has 0 saturated heterocycles. The van der Waals surface area contributed by atoms with E-state index in [-0.39, 0.29) is 11.6 Å². The van der Waals surface area contributed by atoms with E-state index in [0.717, 1.165) is 13.0 Å². The molecule has 2 aliphatic rings. The minimum absolute atomic E-state index is 0.292. The van der Waals surface area contributed by atoms with Gasteiger partial charge in [-0.25, -0.2) is 8.78 Å². The summed E-state index contributed by atoms with van der Waals surface area (Å²) in [6.45, 7) is 1.02. The molecule has 1 N–H and O–H groups in total. The van der Waals surface area contributed by atoms with Crippen molar-refractivity contribution in [3.63, 3.8) is 0 Å². The van der Waals surface area contributed by atoms with Crippen LogP contribution in [0.4, 0.5) is 8.78 Å². The molecule has 0 radical (unpaired) electrons. The lowest BCUT2D eigenvalue weighted by molar-refractivity contribution is 0.291. The number of hydrogen-bond donors (Lipinski definition) is 1. The maximum absolute atomic E-state index is 13.9. The SMILES string of the molecule is Fc1cccc(F)c1CC1CCCCCC1CNC1CC1. The second kappa shape index (κ2) is 6.87. The van der Waals surface area contributed by atoms with Crippen molar-refractivity contribution in [3.8, 4) is 0 Å². The van der Waals surface area contributed by atoms with Crippen LogP contribution < -0.4 is 5.32 Å². The first-order valence-corrected chi connectivity index (χ1v) is 8.40. The molecule has 2 aliphatic carbocycles. The van der Waals surface area contributed by atoms with Crippen LogP contribution in [-0.4, -0.2) is 12.6 Å². The molecule has 2 unspecified atom stereocenters. The van der Waals surface area contributed by atoms with Crippen molar-refractivity contribution in [2.24, 2.45) is 11.8 Å². The highest BCUT2D eigenvalue weighted by molar-refractivity contribution is 5.20. The zero-order valence-corrected chi connectivity index (χ0v) is 12.6. The fourth-order valence-electron chi connectivity index (χ4n) is 3.59. The molecule has 0 aliphatic heterocycles. The van der Waals surface area contributed by atoms with E-state index in [1.54, 1.807) is 0 Å². The summed E-state index contributed by atoms with van der Waals surface area (Å²) >= 11 is 0. The van der Waals surface area contributed by atoms with Crippen LogP contribution in [0.3, 0.4) is 0 Å². The van der Waals surface area contributed by atoms with Gasteiger partial charge in [0.05, 0.1) is 0 Å². The van der Waals surface area contributed by atoms with Gasteiger partial charge in [0.1, 0.15) is 11.6 Å². The van der Waals surface area contributed by atoms with Gasteiger partial charge in [-0.1, -0.05) is 25.3 Å². The maximum Gasteiger partial charge on any atom is 0.129 e. The van der Waals surface area contributed by atoms with Crippen LogP contribution in [-0.2, 0) is 6.42 Å². The quantitative estimate of drug-likeness (QED) is 0.791. The van der Waals surface area contributed by atoms with Crippen molar-refractivity contribution in [2.75, 3.05) is 6.54 Å². The topological polar surface area (TPSA) is 12.0 Å². The normalized spacial score (nSPS) is 26.6. The molecule has 0 aromatic heterocycles. The van der Waals surface area contributed by atoms with Crippen LogP contribution in [0.1, 0.15) is 50.5 Å². The van der Waals surface area contributed by atoms with Crippen LogP contribution in [0.15, 0.2) is 18.2 Å². The first-order chi connectivity index (χ1) is 10.2. The Morgan fingerprint density at radius 3 is 2.24 bits per heavy atom. The molecular formula is C18H25F2N. The zero-order valence-electron chi connectivity index (χ0n) is 12.6. The average Bonchev–Trinajstić information content (AvgIpc) is 3.28. The fraction of sp³-hybridized carbons (Fsp3) is 0.667. The van der Waals surface area contributed by atoms with Gasteiger partial charge >= 0.3 is 0 Å². The van der Waals surface area contributed by atoms with Crippen molar-refractivity contribution in [2.45, 2.75) is 57.4 Å². The standard InChI is InChI=1S/C18H25F2N/c19-17-7-4-8-18(20)16(17)11-13-5-2-1-3-6-14(13)12-21-15-9-10-15/h4,7-8,13-15,21H,1-3,5-6,9-12H2. The molecule has 2 fully saturated rings. The van der Waals surface area contributed by atoms with Crippen molar-refractivity contribution in [1.82, 2.24) is 5.32 Å². The average molecular weight is 293 g/mol. The van der Waals surface area contributed by atoms with Gasteiger partial charge in [0, 0.05) is 11.6 Å². The molecule has 0 spiro atoms. The molecule has 21 heavy (non-hydrogen) atoms. The van der Waals surface area contributed by atoms with Crippen molar-refractivity contribution < 1.29 is 8.78 Å². The minimum Gasteiger partial charge on any atom is -0.314 e. The highest BCUT2D eigenvalue weighted by Crippen LogP contribution is 2.33. The van der Waals surface area contributed by atoms with Crippen molar-refractivity contribution in [3.05, 3.63) is 35.4 Å². The Bertz CT molecular complexity index is 450. The summed E-state index contributed by atoms with van der Waals surface area (Å²) in [5.74, 6) is 0.207. The number of halogens is 2. The molecule has 3 heteroatoms. The fourth-order valence-corrected chi connectivity index (χ4v) is 3.59. The highest BCUT2D eigenvalue weighted by atomic mass is 19.1. The van der Waals surface area contributed by atoms with Gasteiger partial charge in [0.2, 0.25) is 0 Å². The van der Waals surface area contributed by atoms with Crippen LogP contribution in [0.25, 0.3) is 0 Å². The third-order valence-electron chi connectivity index (χ3n) is 5.09. The lowest BCUT2D eigenvalue weighted by atomic mass is 9.83. The van der Waals surface area contributed by atoms with Gasteiger partial charge in [-0.15, -0.1) is 0 Å². The lowest BCUT2D eigenvalue weighted by Gasteiger charge is -2.26. The van der Waals surface area contributed by atoms with Crippen LogP contribution in [0.5, 0.6) is 0 Å². The Kier molecular flexibility index (Phi) is 4.89. The maximum atomic E-state index is 13.9. The van der Waals surface area contributed by atoms with E-state index in [2.05, 4.69) is 5.32 Å².